The van der Waals surface area contributed by atoms with Gasteiger partial charge in [0.2, 0.25) is 5.95 Å². The van der Waals surface area contributed by atoms with Crippen molar-refractivity contribution in [3.63, 3.8) is 0 Å². The Morgan fingerprint density at radius 2 is 2.15 bits per heavy atom. The van der Waals surface area contributed by atoms with Crippen LogP contribution in [0.2, 0.25) is 0 Å². The van der Waals surface area contributed by atoms with Crippen molar-refractivity contribution in [2.45, 2.75) is 26.9 Å². The molecule has 2 aromatic rings. The number of hydrogen-bond acceptors (Lipinski definition) is 6. The second-order valence-corrected chi connectivity index (χ2v) is 6.27. The number of thiophene rings is 1. The van der Waals surface area contributed by atoms with Gasteiger partial charge in [0.15, 0.2) is 0 Å². The Labute approximate surface area is 124 Å². The molecule has 0 saturated carbocycles. The van der Waals surface area contributed by atoms with Gasteiger partial charge in [-0.2, -0.15) is 4.98 Å². The van der Waals surface area contributed by atoms with Crippen molar-refractivity contribution in [1.82, 2.24) is 9.97 Å². The molecule has 0 unspecified atom stereocenters. The molecule has 0 amide bonds. The number of rotatable bonds is 6. The molecule has 0 fully saturated rings. The monoisotopic (exact) mass is 294 g/mol. The number of aryl methyl sites for hydroxylation is 1. The zero-order chi connectivity index (χ0) is 14.7. The van der Waals surface area contributed by atoms with Crippen LogP contribution >= 0.6 is 11.3 Å². The van der Waals surface area contributed by atoms with Crippen LogP contribution in [0.4, 0.5) is 11.8 Å². The fourth-order valence-corrected chi connectivity index (χ4v) is 2.83. The highest BCUT2D eigenvalue weighted by molar-refractivity contribution is 7.18. The average molecular weight is 294 g/mol. The van der Waals surface area contributed by atoms with Gasteiger partial charge in [0.1, 0.15) is 10.6 Å². The molecule has 2 rings (SSSR count). The first-order valence-corrected chi connectivity index (χ1v) is 7.61. The van der Waals surface area contributed by atoms with Crippen LogP contribution in [-0.2, 0) is 4.74 Å². The summed E-state index contributed by atoms with van der Waals surface area (Å²) in [5, 5.41) is 4.13. The molecule has 0 aliphatic carbocycles. The maximum Gasteiger partial charge on any atom is 0.225 e. The minimum Gasteiger partial charge on any atom is -0.377 e. The van der Waals surface area contributed by atoms with Crippen LogP contribution in [0.25, 0.3) is 10.2 Å². The highest BCUT2D eigenvalue weighted by Crippen LogP contribution is 2.31. The Morgan fingerprint density at radius 3 is 2.80 bits per heavy atom. The lowest BCUT2D eigenvalue weighted by molar-refractivity contribution is 0.0845. The lowest BCUT2D eigenvalue weighted by Crippen LogP contribution is -2.25. The van der Waals surface area contributed by atoms with Crippen LogP contribution in [0.5, 0.6) is 0 Å². The van der Waals surface area contributed by atoms with E-state index in [0.29, 0.717) is 12.6 Å². The normalized spacial score (nSPS) is 11.3. The Bertz CT molecular complexity index is 582. The summed E-state index contributed by atoms with van der Waals surface area (Å²) in [5.74, 6) is 1.61. The number of nitrogens with one attached hydrogen (secondary N) is 1. The summed E-state index contributed by atoms with van der Waals surface area (Å²) in [6.45, 7) is 7.69. The number of anilines is 2. The lowest BCUT2D eigenvalue weighted by Gasteiger charge is -2.20. The fraction of sp³-hybridized carbons (Fsp3) is 0.571. The van der Waals surface area contributed by atoms with E-state index in [0.717, 1.165) is 22.6 Å². The largest absolute Gasteiger partial charge is 0.377 e. The smallest absolute Gasteiger partial charge is 0.225 e. The number of fused-ring (bicyclic) bond motifs is 1. The van der Waals surface area contributed by atoms with E-state index in [9.17, 15) is 0 Å². The van der Waals surface area contributed by atoms with Crippen LogP contribution in [0.1, 0.15) is 18.7 Å². The zero-order valence-corrected chi connectivity index (χ0v) is 13.5. The maximum absolute atomic E-state index is 5.61. The summed E-state index contributed by atoms with van der Waals surface area (Å²) in [6, 6.07) is 2.15. The Hall–Kier alpha value is -1.40. The molecule has 20 heavy (non-hydrogen) atoms. The molecule has 0 aliphatic heterocycles. The van der Waals surface area contributed by atoms with Crippen LogP contribution in [0.3, 0.4) is 0 Å². The third kappa shape index (κ3) is 3.37. The fourth-order valence-electron chi connectivity index (χ4n) is 1.96. The van der Waals surface area contributed by atoms with Gasteiger partial charge in [0.25, 0.3) is 0 Å². The van der Waals surface area contributed by atoms with Crippen LogP contribution in [-0.4, -0.2) is 43.3 Å². The molecular formula is C14H22N4OS. The summed E-state index contributed by atoms with van der Waals surface area (Å²) in [5.41, 5.74) is 0. The van der Waals surface area contributed by atoms with E-state index in [4.69, 9.17) is 4.74 Å². The molecule has 0 saturated heterocycles. The summed E-state index contributed by atoms with van der Waals surface area (Å²) in [4.78, 5) is 13.5. The van der Waals surface area contributed by atoms with E-state index in [2.05, 4.69) is 33.2 Å². The number of aromatic nitrogens is 2. The van der Waals surface area contributed by atoms with Gasteiger partial charge in [-0.25, -0.2) is 4.98 Å². The first kappa shape index (κ1) is 15.0. The van der Waals surface area contributed by atoms with Gasteiger partial charge in [-0.15, -0.1) is 11.3 Å². The Kier molecular flexibility index (Phi) is 4.77. The minimum absolute atomic E-state index is 0.255. The van der Waals surface area contributed by atoms with Crippen molar-refractivity contribution in [1.29, 1.82) is 0 Å². The molecule has 0 spiro atoms. The van der Waals surface area contributed by atoms with Gasteiger partial charge in [-0.05, 0) is 26.8 Å². The van der Waals surface area contributed by atoms with Gasteiger partial charge in [0.05, 0.1) is 18.1 Å². The van der Waals surface area contributed by atoms with Gasteiger partial charge < -0.3 is 15.0 Å². The van der Waals surface area contributed by atoms with Gasteiger partial charge in [0, 0.05) is 25.5 Å². The van der Waals surface area contributed by atoms with E-state index in [1.165, 1.54) is 4.88 Å². The number of hydrogen-bond donors (Lipinski definition) is 1. The summed E-state index contributed by atoms with van der Waals surface area (Å²) in [7, 11) is 3.88. The third-order valence-corrected chi connectivity index (χ3v) is 3.90. The van der Waals surface area contributed by atoms with Crippen molar-refractivity contribution in [2.24, 2.45) is 0 Å². The predicted molar refractivity (Wildman–Crippen MR) is 86.1 cm³/mol. The predicted octanol–water partition coefficient (Wildman–Crippen LogP) is 2.90. The first-order chi connectivity index (χ1) is 9.51. The van der Waals surface area contributed by atoms with E-state index in [-0.39, 0.29) is 6.10 Å². The molecule has 6 heteroatoms. The quantitative estimate of drug-likeness (QED) is 0.887. The molecule has 0 bridgehead atoms. The van der Waals surface area contributed by atoms with Crippen LogP contribution in [0.15, 0.2) is 6.07 Å². The number of ether oxygens (including phenoxy) is 1. The molecule has 5 nitrogen and oxygen atoms in total. The summed E-state index contributed by atoms with van der Waals surface area (Å²) >= 11 is 1.69. The molecule has 2 aromatic heterocycles. The van der Waals surface area contributed by atoms with E-state index >= 15 is 0 Å². The zero-order valence-electron chi connectivity index (χ0n) is 12.7. The van der Waals surface area contributed by atoms with Crippen LogP contribution in [0, 0.1) is 6.92 Å². The van der Waals surface area contributed by atoms with Crippen molar-refractivity contribution in [3.05, 3.63) is 10.9 Å². The van der Waals surface area contributed by atoms with Gasteiger partial charge in [-0.1, -0.05) is 0 Å². The molecule has 0 aliphatic rings. The van der Waals surface area contributed by atoms with Crippen molar-refractivity contribution in [3.8, 4) is 0 Å². The highest BCUT2D eigenvalue weighted by Gasteiger charge is 2.13. The average Bonchev–Trinajstić information content (AvgIpc) is 2.76. The van der Waals surface area contributed by atoms with E-state index < -0.39 is 0 Å². The summed E-state index contributed by atoms with van der Waals surface area (Å²) < 4.78 is 5.61. The Balaban J connectivity index is 2.26. The molecule has 0 radical (unpaired) electrons. The van der Waals surface area contributed by atoms with E-state index in [1.54, 1.807) is 11.3 Å². The highest BCUT2D eigenvalue weighted by atomic mass is 32.1. The Morgan fingerprint density at radius 1 is 1.40 bits per heavy atom. The van der Waals surface area contributed by atoms with Crippen molar-refractivity contribution in [2.75, 3.05) is 37.5 Å². The first-order valence-electron chi connectivity index (χ1n) is 6.80. The lowest BCUT2D eigenvalue weighted by atomic mass is 10.3. The van der Waals surface area contributed by atoms with Gasteiger partial charge >= 0.3 is 0 Å². The molecule has 0 atom stereocenters. The standard InChI is InChI=1S/C14H22N4OS/c1-9(2)19-7-6-18(5)12-11-8-10(3)20-13(11)17-14(15-4)16-12/h8-9H,6-7H2,1-5H3,(H,15,16,17). The SMILES string of the molecule is CNc1nc(N(C)CCOC(C)C)c2cc(C)sc2n1. The molecule has 1 N–H and O–H groups in total. The topological polar surface area (TPSA) is 50.3 Å². The second-order valence-electron chi connectivity index (χ2n) is 5.04. The summed E-state index contributed by atoms with van der Waals surface area (Å²) in [6.07, 6.45) is 0.255. The molecular weight excluding hydrogens is 272 g/mol. The number of nitrogens with zero attached hydrogens (tertiary/aromatic N) is 3. The second kappa shape index (κ2) is 6.37. The van der Waals surface area contributed by atoms with Crippen molar-refractivity contribution >= 4 is 33.3 Å². The maximum atomic E-state index is 5.61. The van der Waals surface area contributed by atoms with Gasteiger partial charge in [-0.3, -0.25) is 0 Å². The number of likely N-dealkylation sites (N-methyl/N-ethyl adjacent to an activating group) is 1. The van der Waals surface area contributed by atoms with Crippen LogP contribution < -0.4 is 10.2 Å². The third-order valence-electron chi connectivity index (χ3n) is 2.96. The van der Waals surface area contributed by atoms with Crippen molar-refractivity contribution < 1.29 is 4.74 Å². The molecule has 2 heterocycles. The minimum atomic E-state index is 0.255. The van der Waals surface area contributed by atoms with E-state index in [1.807, 2.05) is 27.9 Å². The molecule has 110 valence electrons. The molecule has 0 aromatic carbocycles.